The topological polar surface area (TPSA) is 112 Å². The highest BCUT2D eigenvalue weighted by atomic mass is 19.3. The van der Waals surface area contributed by atoms with E-state index >= 15 is 0 Å². The number of aromatic carboxylic acids is 1. The molecule has 238 valence electrons. The Hall–Kier alpha value is -4.30. The van der Waals surface area contributed by atoms with Gasteiger partial charge in [-0.05, 0) is 50.1 Å². The van der Waals surface area contributed by atoms with Crippen molar-refractivity contribution in [3.05, 3.63) is 77.5 Å². The largest absolute Gasteiger partial charge is 0.483 e. The van der Waals surface area contributed by atoms with E-state index in [1.165, 1.54) is 24.4 Å². The van der Waals surface area contributed by atoms with Crippen LogP contribution in [0.4, 0.5) is 17.6 Å². The Morgan fingerprint density at radius 2 is 1.98 bits per heavy atom. The predicted octanol–water partition coefficient (Wildman–Crippen LogP) is 5.10. The number of hydrogen-bond donors (Lipinski definition) is 1. The molecule has 14 heteroatoms. The number of ether oxygens (including phenoxy) is 3. The summed E-state index contributed by atoms with van der Waals surface area (Å²) in [6.45, 7) is 2.71. The van der Waals surface area contributed by atoms with Crippen LogP contribution < -0.4 is 9.47 Å². The Kier molecular flexibility index (Phi) is 8.60. The number of imidazole rings is 1. The predicted molar refractivity (Wildman–Crippen MR) is 152 cm³/mol. The third kappa shape index (κ3) is 6.57. The molecule has 0 unspecified atom stereocenters. The SMILES string of the molecule is C[C@H]1C[C@@H](Oc2ccnc(COc3ccc(F)cc3F)n2)CCN1Cc1nc2ccc(C(=O)O)cc2n1CC1(C(F)F)COC1. The second-order valence-corrected chi connectivity index (χ2v) is 11.5. The summed E-state index contributed by atoms with van der Waals surface area (Å²) in [5, 5.41) is 9.53. The van der Waals surface area contributed by atoms with E-state index in [4.69, 9.17) is 19.2 Å². The molecule has 6 rings (SSSR count). The fourth-order valence-electron chi connectivity index (χ4n) is 5.69. The summed E-state index contributed by atoms with van der Waals surface area (Å²) in [7, 11) is 0. The van der Waals surface area contributed by atoms with Crippen LogP contribution in [0.5, 0.6) is 11.6 Å². The average molecular weight is 630 g/mol. The van der Waals surface area contributed by atoms with Crippen molar-refractivity contribution in [3.63, 3.8) is 0 Å². The maximum Gasteiger partial charge on any atom is 0.335 e. The van der Waals surface area contributed by atoms with Gasteiger partial charge in [-0.3, -0.25) is 4.90 Å². The fourth-order valence-corrected chi connectivity index (χ4v) is 5.69. The first-order valence-electron chi connectivity index (χ1n) is 14.5. The highest BCUT2D eigenvalue weighted by Crippen LogP contribution is 2.38. The standard InChI is InChI=1S/C31H31F4N5O5/c1-18-10-21(45-28-6-8-36-26(38-28)14-44-25-5-3-20(32)12-22(25)33)7-9-39(18)13-27-37-23-4-2-19(29(41)42)11-24(23)40(27)15-31(30(34)35)16-43-17-31/h2-6,8,11-12,18,21,30H,7,9-10,13-17H2,1H3,(H,41,42)/t18-,21-/m0/s1. The lowest BCUT2D eigenvalue weighted by molar-refractivity contribution is -0.192. The molecule has 4 aromatic rings. The summed E-state index contributed by atoms with van der Waals surface area (Å²) in [6, 6.07) is 9.22. The average Bonchev–Trinajstić information content (AvgIpc) is 3.31. The number of nitrogens with zero attached hydrogens (tertiary/aromatic N) is 5. The van der Waals surface area contributed by atoms with E-state index < -0.39 is 29.4 Å². The molecule has 2 atom stereocenters. The van der Waals surface area contributed by atoms with E-state index in [0.717, 1.165) is 12.1 Å². The first-order chi connectivity index (χ1) is 21.6. The number of aromatic nitrogens is 4. The first kappa shape index (κ1) is 30.7. The van der Waals surface area contributed by atoms with Gasteiger partial charge in [-0.25, -0.2) is 32.3 Å². The minimum atomic E-state index is -2.61. The van der Waals surface area contributed by atoms with Crippen LogP contribution >= 0.6 is 0 Å². The van der Waals surface area contributed by atoms with Crippen LogP contribution in [0, 0.1) is 17.0 Å². The number of fused-ring (bicyclic) bond motifs is 1. The normalized spacial score (nSPS) is 19.9. The molecular formula is C31H31F4N5O5. The van der Waals surface area contributed by atoms with Crippen molar-refractivity contribution in [3.8, 4) is 11.6 Å². The van der Waals surface area contributed by atoms with Crippen LogP contribution in [-0.2, 0) is 24.4 Å². The number of hydrogen-bond acceptors (Lipinski definition) is 8. The Morgan fingerprint density at radius 1 is 1.16 bits per heavy atom. The van der Waals surface area contributed by atoms with Crippen molar-refractivity contribution in [2.75, 3.05) is 19.8 Å². The van der Waals surface area contributed by atoms with Crippen LogP contribution in [0.25, 0.3) is 11.0 Å². The fraction of sp³-hybridized carbons (Fsp3) is 0.419. The molecule has 2 aromatic carbocycles. The molecule has 0 amide bonds. The lowest BCUT2D eigenvalue weighted by atomic mass is 9.86. The molecule has 0 aliphatic carbocycles. The molecule has 0 saturated carbocycles. The van der Waals surface area contributed by atoms with E-state index in [0.29, 0.717) is 48.7 Å². The van der Waals surface area contributed by atoms with Crippen molar-refractivity contribution < 1.29 is 41.7 Å². The minimum absolute atomic E-state index is 0.0359. The van der Waals surface area contributed by atoms with Gasteiger partial charge in [0.25, 0.3) is 0 Å². The third-order valence-electron chi connectivity index (χ3n) is 8.32. The molecule has 0 bridgehead atoms. The number of likely N-dealkylation sites (tertiary alicyclic amines) is 1. The van der Waals surface area contributed by atoms with Gasteiger partial charge in [0.05, 0.1) is 41.8 Å². The summed E-state index contributed by atoms with van der Waals surface area (Å²) in [5.74, 6) is -1.58. The van der Waals surface area contributed by atoms with Crippen molar-refractivity contribution >= 4 is 17.0 Å². The number of carboxylic acids is 1. The lowest BCUT2D eigenvalue weighted by Crippen LogP contribution is -2.51. The van der Waals surface area contributed by atoms with E-state index in [1.54, 1.807) is 16.7 Å². The number of carbonyl (C=O) groups is 1. The van der Waals surface area contributed by atoms with Gasteiger partial charge in [0, 0.05) is 37.5 Å². The van der Waals surface area contributed by atoms with Gasteiger partial charge < -0.3 is 23.9 Å². The van der Waals surface area contributed by atoms with Gasteiger partial charge in [0.2, 0.25) is 12.3 Å². The second kappa shape index (κ2) is 12.6. The second-order valence-electron chi connectivity index (χ2n) is 11.5. The third-order valence-corrected chi connectivity index (χ3v) is 8.32. The minimum Gasteiger partial charge on any atom is -0.483 e. The summed E-state index contributed by atoms with van der Waals surface area (Å²) < 4.78 is 73.7. The maximum absolute atomic E-state index is 14.1. The van der Waals surface area contributed by atoms with Gasteiger partial charge in [-0.15, -0.1) is 0 Å². The molecule has 45 heavy (non-hydrogen) atoms. The van der Waals surface area contributed by atoms with Crippen LogP contribution in [0.2, 0.25) is 0 Å². The molecule has 2 aliphatic rings. The zero-order valence-corrected chi connectivity index (χ0v) is 24.3. The van der Waals surface area contributed by atoms with Crippen molar-refractivity contribution in [2.45, 2.75) is 58.0 Å². The summed E-state index contributed by atoms with van der Waals surface area (Å²) in [5.41, 5.74) is -0.271. The number of piperidine rings is 1. The molecular weight excluding hydrogens is 598 g/mol. The van der Waals surface area contributed by atoms with E-state index in [9.17, 15) is 27.5 Å². The van der Waals surface area contributed by atoms with Crippen LogP contribution in [0.1, 0.15) is 41.8 Å². The molecule has 1 N–H and O–H groups in total. The number of alkyl halides is 2. The molecule has 10 nitrogen and oxygen atoms in total. The Labute approximate surface area is 255 Å². The van der Waals surface area contributed by atoms with Gasteiger partial charge >= 0.3 is 5.97 Å². The summed E-state index contributed by atoms with van der Waals surface area (Å²) in [6.07, 6.45) is 0.0402. The van der Waals surface area contributed by atoms with Crippen molar-refractivity contribution in [2.24, 2.45) is 5.41 Å². The molecule has 0 spiro atoms. The van der Waals surface area contributed by atoms with Gasteiger partial charge in [-0.2, -0.15) is 4.98 Å². The summed E-state index contributed by atoms with van der Waals surface area (Å²) >= 11 is 0. The van der Waals surface area contributed by atoms with Gasteiger partial charge in [0.1, 0.15) is 24.4 Å². The molecule has 0 radical (unpaired) electrons. The number of carboxylic acid groups (broad SMARTS) is 1. The zero-order chi connectivity index (χ0) is 31.7. The molecule has 2 aromatic heterocycles. The zero-order valence-electron chi connectivity index (χ0n) is 24.3. The smallest absolute Gasteiger partial charge is 0.335 e. The highest BCUT2D eigenvalue weighted by Gasteiger charge is 2.48. The molecule has 2 aliphatic heterocycles. The van der Waals surface area contributed by atoms with Crippen molar-refractivity contribution in [1.82, 2.24) is 24.4 Å². The van der Waals surface area contributed by atoms with Crippen molar-refractivity contribution in [1.29, 1.82) is 0 Å². The van der Waals surface area contributed by atoms with E-state index in [-0.39, 0.29) is 55.6 Å². The lowest BCUT2D eigenvalue weighted by Gasteiger charge is -2.41. The Bertz CT molecular complexity index is 1700. The number of halogens is 4. The van der Waals surface area contributed by atoms with E-state index in [2.05, 4.69) is 14.9 Å². The van der Waals surface area contributed by atoms with Crippen LogP contribution in [0.3, 0.4) is 0 Å². The van der Waals surface area contributed by atoms with E-state index in [1.807, 2.05) is 6.92 Å². The maximum atomic E-state index is 14.1. The quantitative estimate of drug-likeness (QED) is 0.227. The molecule has 4 heterocycles. The monoisotopic (exact) mass is 629 g/mol. The number of rotatable bonds is 11. The van der Waals surface area contributed by atoms with Crippen LogP contribution in [-0.4, -0.2) is 73.8 Å². The Balaban J connectivity index is 1.12. The van der Waals surface area contributed by atoms with Gasteiger partial charge in [-0.1, -0.05) is 0 Å². The molecule has 2 fully saturated rings. The summed E-state index contributed by atoms with van der Waals surface area (Å²) in [4.78, 5) is 27.1. The highest BCUT2D eigenvalue weighted by molar-refractivity contribution is 5.92. The Morgan fingerprint density at radius 3 is 2.67 bits per heavy atom. The first-order valence-corrected chi connectivity index (χ1v) is 14.5. The number of benzene rings is 2. The molecule has 2 saturated heterocycles. The van der Waals surface area contributed by atoms with Gasteiger partial charge in [0.15, 0.2) is 17.4 Å². The van der Waals surface area contributed by atoms with Crippen LogP contribution in [0.15, 0.2) is 48.7 Å².